The number of dihydropyridines is 1. The van der Waals surface area contributed by atoms with Crippen LogP contribution in [0.2, 0.25) is 0 Å². The highest BCUT2D eigenvalue weighted by Gasteiger charge is 2.43. The minimum atomic E-state index is -0.602. The van der Waals surface area contributed by atoms with Crippen LogP contribution in [0.5, 0.6) is 11.5 Å². The fourth-order valence-electron chi connectivity index (χ4n) is 4.89. The maximum atomic E-state index is 13.7. The van der Waals surface area contributed by atoms with Crippen LogP contribution in [-0.4, -0.2) is 23.9 Å². The van der Waals surface area contributed by atoms with Gasteiger partial charge in [-0.3, -0.25) is 9.59 Å². The number of methoxy groups -OCH3 is 1. The number of rotatable bonds is 4. The molecule has 2 aliphatic rings. The molecular formula is C27H29BrN2O4. The monoisotopic (exact) mass is 524 g/mol. The Morgan fingerprint density at radius 2 is 1.91 bits per heavy atom. The zero-order chi connectivity index (χ0) is 24.8. The molecule has 0 spiro atoms. The van der Waals surface area contributed by atoms with Crippen molar-refractivity contribution in [2.75, 3.05) is 12.4 Å². The Morgan fingerprint density at radius 1 is 1.21 bits per heavy atom. The van der Waals surface area contributed by atoms with E-state index in [0.29, 0.717) is 45.4 Å². The summed E-state index contributed by atoms with van der Waals surface area (Å²) in [6.45, 7) is 7.95. The number of phenols is 1. The van der Waals surface area contributed by atoms with E-state index >= 15 is 0 Å². The summed E-state index contributed by atoms with van der Waals surface area (Å²) in [5, 5.41) is 16.8. The Bertz CT molecular complexity index is 1260. The molecule has 1 amide bonds. The molecule has 0 unspecified atom stereocenters. The molecule has 1 heterocycles. The molecule has 0 radical (unpaired) electrons. The maximum Gasteiger partial charge on any atom is 0.254 e. The number of nitrogens with one attached hydrogen (secondary N) is 2. The number of carbonyl (C=O) groups excluding carboxylic acids is 2. The predicted molar refractivity (Wildman–Crippen MR) is 136 cm³/mol. The van der Waals surface area contributed by atoms with Crippen molar-refractivity contribution in [2.24, 2.45) is 5.41 Å². The van der Waals surface area contributed by atoms with Gasteiger partial charge in [0.25, 0.3) is 5.91 Å². The van der Waals surface area contributed by atoms with Crippen LogP contribution >= 0.6 is 15.9 Å². The van der Waals surface area contributed by atoms with E-state index in [1.54, 1.807) is 12.1 Å². The third-order valence-electron chi connectivity index (χ3n) is 6.48. The van der Waals surface area contributed by atoms with Crippen LogP contribution in [-0.2, 0) is 9.59 Å². The molecule has 4 rings (SSSR count). The van der Waals surface area contributed by atoms with Crippen LogP contribution in [0.25, 0.3) is 0 Å². The van der Waals surface area contributed by atoms with Gasteiger partial charge in [-0.15, -0.1) is 0 Å². The Labute approximate surface area is 208 Å². The van der Waals surface area contributed by atoms with E-state index in [2.05, 4.69) is 40.4 Å². The van der Waals surface area contributed by atoms with Crippen LogP contribution in [0, 0.1) is 12.3 Å². The normalized spacial score (nSPS) is 19.5. The number of hydrogen-bond acceptors (Lipinski definition) is 5. The molecule has 6 nitrogen and oxygen atoms in total. The molecule has 1 aliphatic heterocycles. The lowest BCUT2D eigenvalue weighted by molar-refractivity contribution is -0.118. The van der Waals surface area contributed by atoms with E-state index < -0.39 is 5.92 Å². The van der Waals surface area contributed by atoms with Crippen molar-refractivity contribution < 1.29 is 19.4 Å². The number of anilines is 1. The van der Waals surface area contributed by atoms with Gasteiger partial charge in [-0.05, 0) is 70.9 Å². The number of aryl methyl sites for hydroxylation is 1. The molecule has 7 heteroatoms. The lowest BCUT2D eigenvalue weighted by Crippen LogP contribution is -2.39. The number of ketones is 1. The number of amides is 1. The average molecular weight is 525 g/mol. The number of benzene rings is 2. The van der Waals surface area contributed by atoms with Crippen molar-refractivity contribution in [2.45, 2.75) is 46.5 Å². The SMILES string of the molecule is COc1cc([C@H]2C(C(=O)Nc3ccccc3C)=C(C)NC3=C2C(=O)CC(C)(C)C3)cc(Br)c1O. The minimum Gasteiger partial charge on any atom is -0.503 e. The lowest BCUT2D eigenvalue weighted by atomic mass is 9.68. The second-order valence-corrected chi connectivity index (χ2v) is 10.6. The van der Waals surface area contributed by atoms with E-state index in [1.807, 2.05) is 38.1 Å². The predicted octanol–water partition coefficient (Wildman–Crippen LogP) is 5.71. The van der Waals surface area contributed by atoms with Crippen molar-refractivity contribution in [3.05, 3.63) is 74.5 Å². The molecular weight excluding hydrogens is 496 g/mol. The number of carbonyl (C=O) groups is 2. The van der Waals surface area contributed by atoms with Crippen LogP contribution in [0.1, 0.15) is 50.7 Å². The van der Waals surface area contributed by atoms with Crippen molar-refractivity contribution in [1.82, 2.24) is 5.32 Å². The largest absolute Gasteiger partial charge is 0.503 e. The van der Waals surface area contributed by atoms with Crippen molar-refractivity contribution in [3.8, 4) is 11.5 Å². The molecule has 2 aromatic rings. The summed E-state index contributed by atoms with van der Waals surface area (Å²) >= 11 is 3.40. The minimum absolute atomic E-state index is 0.0144. The molecule has 1 atom stereocenters. The first kappa shape index (κ1) is 24.1. The Morgan fingerprint density at radius 3 is 2.59 bits per heavy atom. The fourth-order valence-corrected chi connectivity index (χ4v) is 5.35. The quantitative estimate of drug-likeness (QED) is 0.476. The third kappa shape index (κ3) is 4.37. The van der Waals surface area contributed by atoms with Gasteiger partial charge in [0.1, 0.15) is 0 Å². The van der Waals surface area contributed by atoms with Crippen LogP contribution in [0.15, 0.2) is 63.4 Å². The van der Waals surface area contributed by atoms with Gasteiger partial charge in [0.15, 0.2) is 17.3 Å². The molecule has 0 aromatic heterocycles. The average Bonchev–Trinajstić information content (AvgIpc) is 2.75. The number of aromatic hydroxyl groups is 1. The summed E-state index contributed by atoms with van der Waals surface area (Å²) in [6.07, 6.45) is 1.09. The summed E-state index contributed by atoms with van der Waals surface area (Å²) in [5.74, 6) is -0.631. The molecule has 178 valence electrons. The first-order valence-corrected chi connectivity index (χ1v) is 12.0. The topological polar surface area (TPSA) is 87.7 Å². The van der Waals surface area contributed by atoms with Gasteiger partial charge in [0, 0.05) is 40.6 Å². The molecule has 0 saturated heterocycles. The fraction of sp³-hybridized carbons (Fsp3) is 0.333. The van der Waals surface area contributed by atoms with E-state index in [9.17, 15) is 14.7 Å². The van der Waals surface area contributed by atoms with Crippen LogP contribution in [0.3, 0.4) is 0 Å². The summed E-state index contributed by atoms with van der Waals surface area (Å²) in [7, 11) is 1.47. The first-order chi connectivity index (χ1) is 16.0. The molecule has 0 bridgehead atoms. The van der Waals surface area contributed by atoms with Gasteiger partial charge >= 0.3 is 0 Å². The smallest absolute Gasteiger partial charge is 0.254 e. The number of hydrogen-bond donors (Lipinski definition) is 3. The number of phenolic OH excluding ortho intramolecular Hbond substituents is 1. The molecule has 2 aromatic carbocycles. The zero-order valence-corrected chi connectivity index (χ0v) is 21.6. The van der Waals surface area contributed by atoms with Crippen molar-refractivity contribution in [3.63, 3.8) is 0 Å². The van der Waals surface area contributed by atoms with Gasteiger partial charge in [-0.25, -0.2) is 0 Å². The van der Waals surface area contributed by atoms with Gasteiger partial charge in [0.05, 0.1) is 11.6 Å². The van der Waals surface area contributed by atoms with Gasteiger partial charge < -0.3 is 20.5 Å². The number of ether oxygens (including phenoxy) is 1. The molecule has 0 saturated carbocycles. The Hall–Kier alpha value is -3.06. The highest BCUT2D eigenvalue weighted by molar-refractivity contribution is 9.10. The van der Waals surface area contributed by atoms with Gasteiger partial charge in [0.2, 0.25) is 0 Å². The maximum absolute atomic E-state index is 13.7. The van der Waals surface area contributed by atoms with Gasteiger partial charge in [-0.1, -0.05) is 32.0 Å². The lowest BCUT2D eigenvalue weighted by Gasteiger charge is -2.39. The summed E-state index contributed by atoms with van der Waals surface area (Å²) in [5.41, 5.74) is 4.78. The first-order valence-electron chi connectivity index (χ1n) is 11.2. The number of allylic oxidation sites excluding steroid dienone is 3. The number of Topliss-reactive ketones (excluding diaryl/α,β-unsaturated/α-hetero) is 1. The van der Waals surface area contributed by atoms with E-state index in [0.717, 1.165) is 11.3 Å². The van der Waals surface area contributed by atoms with E-state index in [1.165, 1.54) is 7.11 Å². The van der Waals surface area contributed by atoms with E-state index in [-0.39, 0.29) is 28.6 Å². The third-order valence-corrected chi connectivity index (χ3v) is 7.09. The number of halogens is 1. The van der Waals surface area contributed by atoms with Crippen LogP contribution in [0.4, 0.5) is 5.69 Å². The highest BCUT2D eigenvalue weighted by atomic mass is 79.9. The molecule has 1 aliphatic carbocycles. The molecule has 34 heavy (non-hydrogen) atoms. The molecule has 3 N–H and O–H groups in total. The highest BCUT2D eigenvalue weighted by Crippen LogP contribution is 2.49. The Balaban J connectivity index is 1.88. The van der Waals surface area contributed by atoms with E-state index in [4.69, 9.17) is 4.74 Å². The standard InChI is InChI=1S/C27H29BrN2O4/c1-14-8-6-7-9-18(14)30-26(33)22-15(2)29-19-12-27(3,4)13-20(31)24(19)23(22)16-10-17(28)25(32)21(11-16)34-5/h6-11,23,29,32H,12-13H2,1-5H3,(H,30,33)/t23-/m0/s1. The second kappa shape index (κ2) is 8.95. The molecule has 0 fully saturated rings. The van der Waals surface area contributed by atoms with Crippen molar-refractivity contribution in [1.29, 1.82) is 0 Å². The summed E-state index contributed by atoms with van der Waals surface area (Å²) in [6, 6.07) is 11.0. The summed E-state index contributed by atoms with van der Waals surface area (Å²) < 4.78 is 5.81. The van der Waals surface area contributed by atoms with Crippen molar-refractivity contribution >= 4 is 33.3 Å². The number of para-hydroxylation sites is 1. The zero-order valence-electron chi connectivity index (χ0n) is 20.0. The Kier molecular flexibility index (Phi) is 6.34. The summed E-state index contributed by atoms with van der Waals surface area (Å²) in [4.78, 5) is 27.2. The van der Waals surface area contributed by atoms with Crippen LogP contribution < -0.4 is 15.4 Å². The second-order valence-electron chi connectivity index (χ2n) is 9.75. The van der Waals surface area contributed by atoms with Gasteiger partial charge in [-0.2, -0.15) is 0 Å².